The van der Waals surface area contributed by atoms with Gasteiger partial charge in [-0.15, -0.1) is 0 Å². The van der Waals surface area contributed by atoms with E-state index in [0.717, 1.165) is 10.9 Å². The molecule has 2 nitrogen and oxygen atoms in total. The van der Waals surface area contributed by atoms with Crippen molar-refractivity contribution in [3.63, 3.8) is 0 Å². The highest BCUT2D eigenvalue weighted by Crippen LogP contribution is 2.23. The fourth-order valence-electron chi connectivity index (χ4n) is 1.92. The van der Waals surface area contributed by atoms with E-state index < -0.39 is 0 Å². The number of esters is 1. The van der Waals surface area contributed by atoms with E-state index in [1.807, 2.05) is 31.2 Å². The van der Waals surface area contributed by atoms with Crippen LogP contribution in [-0.4, -0.2) is 13.1 Å². The second-order valence-corrected chi connectivity index (χ2v) is 3.95. The Labute approximate surface area is 94.8 Å². The zero-order valence-corrected chi connectivity index (χ0v) is 9.70. The summed E-state index contributed by atoms with van der Waals surface area (Å²) in [7, 11) is 1.40. The first-order chi connectivity index (χ1) is 7.63. The van der Waals surface area contributed by atoms with Gasteiger partial charge in [-0.3, -0.25) is 0 Å². The van der Waals surface area contributed by atoms with Crippen LogP contribution < -0.4 is 0 Å². The van der Waals surface area contributed by atoms with Crippen LogP contribution in [-0.2, 0) is 4.74 Å². The first-order valence-electron chi connectivity index (χ1n) is 5.22. The van der Waals surface area contributed by atoms with Crippen molar-refractivity contribution in [2.24, 2.45) is 0 Å². The molecule has 0 heterocycles. The minimum absolute atomic E-state index is 0.277. The smallest absolute Gasteiger partial charge is 0.338 e. The van der Waals surface area contributed by atoms with Crippen LogP contribution in [0.4, 0.5) is 0 Å². The van der Waals surface area contributed by atoms with Crippen LogP contribution in [0.1, 0.15) is 21.5 Å². The Morgan fingerprint density at radius 3 is 2.56 bits per heavy atom. The standard InChI is InChI=1S/C14H14O2/c1-9-5-4-6-11-8-13(14(15)16-3)10(2)7-12(9)11/h4-8H,1-3H3. The summed E-state index contributed by atoms with van der Waals surface area (Å²) < 4.78 is 4.76. The number of rotatable bonds is 1. The molecule has 0 aromatic heterocycles. The molecular formula is C14H14O2. The third-order valence-corrected chi connectivity index (χ3v) is 2.85. The zero-order valence-electron chi connectivity index (χ0n) is 9.70. The van der Waals surface area contributed by atoms with Gasteiger partial charge in [-0.25, -0.2) is 4.79 Å². The van der Waals surface area contributed by atoms with Gasteiger partial charge in [0.2, 0.25) is 0 Å². The van der Waals surface area contributed by atoms with Crippen LogP contribution in [0.5, 0.6) is 0 Å². The number of fused-ring (bicyclic) bond motifs is 1. The first kappa shape index (κ1) is 10.7. The summed E-state index contributed by atoms with van der Waals surface area (Å²) in [5.41, 5.74) is 2.81. The molecule has 0 aliphatic heterocycles. The summed E-state index contributed by atoms with van der Waals surface area (Å²) in [5, 5.41) is 2.26. The SMILES string of the molecule is COC(=O)c1cc2cccc(C)c2cc1C. The topological polar surface area (TPSA) is 26.3 Å². The van der Waals surface area contributed by atoms with Crippen LogP contribution in [0, 0.1) is 13.8 Å². The molecule has 0 amide bonds. The summed E-state index contributed by atoms with van der Waals surface area (Å²) in [6.45, 7) is 4.00. The molecule has 0 fully saturated rings. The number of methoxy groups -OCH3 is 1. The second-order valence-electron chi connectivity index (χ2n) is 3.95. The van der Waals surface area contributed by atoms with Gasteiger partial charge in [0, 0.05) is 0 Å². The van der Waals surface area contributed by atoms with Gasteiger partial charge in [0.1, 0.15) is 0 Å². The Hall–Kier alpha value is -1.83. The molecule has 0 aliphatic carbocycles. The molecule has 2 aromatic carbocycles. The lowest BCUT2D eigenvalue weighted by Crippen LogP contribution is -2.03. The van der Waals surface area contributed by atoms with Crippen LogP contribution >= 0.6 is 0 Å². The molecule has 2 rings (SSSR count). The van der Waals surface area contributed by atoms with Crippen molar-refractivity contribution >= 4 is 16.7 Å². The maximum absolute atomic E-state index is 11.5. The van der Waals surface area contributed by atoms with E-state index in [-0.39, 0.29) is 5.97 Å². The number of aryl methyl sites for hydroxylation is 2. The lowest BCUT2D eigenvalue weighted by molar-refractivity contribution is 0.0600. The normalized spacial score (nSPS) is 10.4. The van der Waals surface area contributed by atoms with Gasteiger partial charge in [0.05, 0.1) is 12.7 Å². The van der Waals surface area contributed by atoms with Gasteiger partial charge < -0.3 is 4.74 Å². The molecule has 0 saturated carbocycles. The number of hydrogen-bond donors (Lipinski definition) is 0. The molecule has 0 atom stereocenters. The van der Waals surface area contributed by atoms with E-state index in [2.05, 4.69) is 13.0 Å². The second kappa shape index (κ2) is 3.97. The Morgan fingerprint density at radius 1 is 1.12 bits per heavy atom. The Kier molecular flexibility index (Phi) is 2.65. The van der Waals surface area contributed by atoms with E-state index in [1.54, 1.807) is 0 Å². The number of carbonyl (C=O) groups excluding carboxylic acids is 1. The van der Waals surface area contributed by atoms with E-state index in [4.69, 9.17) is 4.74 Å². The summed E-state index contributed by atoms with van der Waals surface area (Å²) >= 11 is 0. The largest absolute Gasteiger partial charge is 0.465 e. The fraction of sp³-hybridized carbons (Fsp3) is 0.214. The first-order valence-corrected chi connectivity index (χ1v) is 5.22. The van der Waals surface area contributed by atoms with Gasteiger partial charge in [-0.2, -0.15) is 0 Å². The number of carbonyl (C=O) groups is 1. The maximum Gasteiger partial charge on any atom is 0.338 e. The van der Waals surface area contributed by atoms with E-state index >= 15 is 0 Å². The van der Waals surface area contributed by atoms with Crippen molar-refractivity contribution in [3.05, 3.63) is 47.0 Å². The van der Waals surface area contributed by atoms with E-state index in [9.17, 15) is 4.79 Å². The minimum Gasteiger partial charge on any atom is -0.465 e. The Balaban J connectivity index is 2.72. The molecule has 0 spiro atoms. The minimum atomic E-state index is -0.277. The predicted octanol–water partition coefficient (Wildman–Crippen LogP) is 3.24. The van der Waals surface area contributed by atoms with Gasteiger partial charge in [-0.05, 0) is 41.8 Å². The highest BCUT2D eigenvalue weighted by molar-refractivity contribution is 5.97. The third-order valence-electron chi connectivity index (χ3n) is 2.85. The van der Waals surface area contributed by atoms with Crippen LogP contribution in [0.3, 0.4) is 0 Å². The van der Waals surface area contributed by atoms with Crippen molar-refractivity contribution in [2.75, 3.05) is 7.11 Å². The lowest BCUT2D eigenvalue weighted by Gasteiger charge is -2.08. The van der Waals surface area contributed by atoms with Gasteiger partial charge in [0.25, 0.3) is 0 Å². The van der Waals surface area contributed by atoms with Gasteiger partial charge in [-0.1, -0.05) is 24.3 Å². The van der Waals surface area contributed by atoms with Crippen molar-refractivity contribution in [3.8, 4) is 0 Å². The average molecular weight is 214 g/mol. The van der Waals surface area contributed by atoms with Crippen molar-refractivity contribution in [2.45, 2.75) is 13.8 Å². The van der Waals surface area contributed by atoms with Crippen molar-refractivity contribution < 1.29 is 9.53 Å². The molecule has 0 radical (unpaired) electrons. The summed E-state index contributed by atoms with van der Waals surface area (Å²) in [5.74, 6) is -0.277. The molecule has 0 saturated heterocycles. The van der Waals surface area contributed by atoms with E-state index in [0.29, 0.717) is 5.56 Å². The molecule has 82 valence electrons. The number of hydrogen-bond acceptors (Lipinski definition) is 2. The fourth-order valence-corrected chi connectivity index (χ4v) is 1.92. The number of ether oxygens (including phenoxy) is 1. The molecule has 0 aliphatic rings. The summed E-state index contributed by atoms with van der Waals surface area (Å²) in [6.07, 6.45) is 0. The zero-order chi connectivity index (χ0) is 11.7. The lowest BCUT2D eigenvalue weighted by atomic mass is 9.99. The van der Waals surface area contributed by atoms with Crippen molar-refractivity contribution in [1.82, 2.24) is 0 Å². The molecule has 0 N–H and O–H groups in total. The van der Waals surface area contributed by atoms with Gasteiger partial charge >= 0.3 is 5.97 Å². The summed E-state index contributed by atoms with van der Waals surface area (Å²) in [4.78, 5) is 11.5. The average Bonchev–Trinajstić information content (AvgIpc) is 2.29. The monoisotopic (exact) mass is 214 g/mol. The van der Waals surface area contributed by atoms with Crippen LogP contribution in [0.15, 0.2) is 30.3 Å². The van der Waals surface area contributed by atoms with Gasteiger partial charge in [0.15, 0.2) is 0 Å². The predicted molar refractivity (Wildman–Crippen MR) is 64.8 cm³/mol. The summed E-state index contributed by atoms with van der Waals surface area (Å²) in [6, 6.07) is 10.0. The Morgan fingerprint density at radius 2 is 1.88 bits per heavy atom. The molecule has 2 heteroatoms. The van der Waals surface area contributed by atoms with Crippen LogP contribution in [0.2, 0.25) is 0 Å². The number of benzene rings is 2. The molecule has 16 heavy (non-hydrogen) atoms. The Bertz CT molecular complexity index is 556. The third kappa shape index (κ3) is 1.67. The van der Waals surface area contributed by atoms with Crippen LogP contribution in [0.25, 0.3) is 10.8 Å². The maximum atomic E-state index is 11.5. The van der Waals surface area contributed by atoms with E-state index in [1.165, 1.54) is 18.1 Å². The van der Waals surface area contributed by atoms with Crippen molar-refractivity contribution in [1.29, 1.82) is 0 Å². The highest BCUT2D eigenvalue weighted by Gasteiger charge is 2.10. The quantitative estimate of drug-likeness (QED) is 0.681. The molecule has 0 unspecified atom stereocenters. The molecule has 2 aromatic rings. The molecule has 0 bridgehead atoms. The highest BCUT2D eigenvalue weighted by atomic mass is 16.5. The molecular weight excluding hydrogens is 200 g/mol.